The molecule has 0 N–H and O–H groups in total. The largest absolute Gasteiger partial charge is 0.310 e. The molecule has 1 aliphatic carbocycles. The predicted molar refractivity (Wildman–Crippen MR) is 319 cm³/mol. The van der Waals surface area contributed by atoms with E-state index in [1.165, 1.54) is 44.5 Å². The van der Waals surface area contributed by atoms with Crippen molar-refractivity contribution in [2.75, 3.05) is 14.7 Å². The number of anilines is 9. The molecule has 1 aliphatic rings. The van der Waals surface area contributed by atoms with E-state index in [-0.39, 0.29) is 0 Å². The normalized spacial score (nSPS) is 12.1. The Labute approximate surface area is 446 Å². The van der Waals surface area contributed by atoms with Gasteiger partial charge in [-0.15, -0.1) is 0 Å². The Hall–Kier alpha value is -9.96. The van der Waals surface area contributed by atoms with Crippen LogP contribution in [0.2, 0.25) is 0 Å². The molecule has 3 heteroatoms. The molecule has 12 aromatic rings. The van der Waals surface area contributed by atoms with Crippen LogP contribution in [0.5, 0.6) is 0 Å². The number of nitrogens with zero attached hydrogens (tertiary/aromatic N) is 3. The number of benzene rings is 12. The van der Waals surface area contributed by atoms with Crippen molar-refractivity contribution in [1.29, 1.82) is 0 Å². The molecular formula is C73H53N3. The number of rotatable bonds is 13. The van der Waals surface area contributed by atoms with Gasteiger partial charge in [-0.1, -0.05) is 231 Å². The van der Waals surface area contributed by atoms with Crippen LogP contribution in [0, 0.1) is 0 Å². The maximum atomic E-state index is 2.51. The lowest BCUT2D eigenvalue weighted by molar-refractivity contribution is 0.768. The van der Waals surface area contributed by atoms with E-state index in [1.807, 2.05) is 0 Å². The first-order valence-corrected chi connectivity index (χ1v) is 26.1. The third kappa shape index (κ3) is 8.31. The van der Waals surface area contributed by atoms with Crippen LogP contribution in [0.25, 0.3) is 33.4 Å². The van der Waals surface area contributed by atoms with Crippen LogP contribution in [0.1, 0.15) is 22.3 Å². The van der Waals surface area contributed by atoms with Gasteiger partial charge in [0, 0.05) is 51.1 Å². The second-order valence-electron chi connectivity index (χ2n) is 19.3. The smallest absolute Gasteiger partial charge is 0.0714 e. The van der Waals surface area contributed by atoms with Gasteiger partial charge in [0.15, 0.2) is 0 Å². The highest BCUT2D eigenvalue weighted by atomic mass is 15.2. The van der Waals surface area contributed by atoms with E-state index in [1.54, 1.807) is 0 Å². The molecule has 0 aliphatic heterocycles. The second kappa shape index (κ2) is 20.2. The lowest BCUT2D eigenvalue weighted by Crippen LogP contribution is -2.28. The van der Waals surface area contributed by atoms with E-state index in [9.17, 15) is 0 Å². The summed E-state index contributed by atoms with van der Waals surface area (Å²) in [7, 11) is 0. The molecule has 0 atom stereocenters. The van der Waals surface area contributed by atoms with Crippen molar-refractivity contribution in [3.8, 4) is 33.4 Å². The minimum atomic E-state index is -0.597. The minimum Gasteiger partial charge on any atom is -0.310 e. The quantitative estimate of drug-likeness (QED) is 0.114. The summed E-state index contributed by atoms with van der Waals surface area (Å²) in [5.74, 6) is 0. The van der Waals surface area contributed by atoms with Gasteiger partial charge in [0.25, 0.3) is 0 Å². The fraction of sp³-hybridized carbons (Fsp3) is 0.0137. The number of fused-ring (bicyclic) bond motifs is 3. The van der Waals surface area contributed by atoms with Crippen molar-refractivity contribution >= 4 is 51.2 Å². The van der Waals surface area contributed by atoms with Gasteiger partial charge < -0.3 is 14.7 Å². The van der Waals surface area contributed by atoms with Crippen LogP contribution in [0.15, 0.2) is 322 Å². The molecule has 13 rings (SSSR count). The van der Waals surface area contributed by atoms with Crippen molar-refractivity contribution < 1.29 is 0 Å². The summed E-state index contributed by atoms with van der Waals surface area (Å²) in [5, 5.41) is 0. The molecule has 0 bridgehead atoms. The van der Waals surface area contributed by atoms with Gasteiger partial charge in [0.2, 0.25) is 0 Å². The molecule has 0 heterocycles. The molecule has 0 saturated heterocycles. The first-order valence-electron chi connectivity index (χ1n) is 26.1. The highest BCUT2D eigenvalue weighted by molar-refractivity contribution is 5.99. The Balaban J connectivity index is 1.11. The molecule has 0 unspecified atom stereocenters. The first-order chi connectivity index (χ1) is 37.7. The van der Waals surface area contributed by atoms with E-state index in [4.69, 9.17) is 0 Å². The van der Waals surface area contributed by atoms with Crippen molar-refractivity contribution in [3.05, 3.63) is 344 Å². The molecule has 76 heavy (non-hydrogen) atoms. The molecule has 12 aromatic carbocycles. The van der Waals surface area contributed by atoms with Gasteiger partial charge in [-0.2, -0.15) is 0 Å². The van der Waals surface area contributed by atoms with E-state index in [0.29, 0.717) is 0 Å². The maximum absolute atomic E-state index is 2.51. The zero-order chi connectivity index (χ0) is 50.7. The first kappa shape index (κ1) is 45.9. The van der Waals surface area contributed by atoms with Crippen LogP contribution in [0.3, 0.4) is 0 Å². The molecule has 3 nitrogen and oxygen atoms in total. The van der Waals surface area contributed by atoms with Gasteiger partial charge in [-0.05, 0) is 141 Å². The minimum absolute atomic E-state index is 0.597. The van der Waals surface area contributed by atoms with Gasteiger partial charge in [0.05, 0.1) is 11.1 Å². The van der Waals surface area contributed by atoms with Gasteiger partial charge in [0.1, 0.15) is 0 Å². The lowest BCUT2D eigenvalue weighted by Gasteiger charge is -2.35. The molecule has 0 radical (unpaired) electrons. The number of hydrogen-bond acceptors (Lipinski definition) is 3. The standard InChI is InChI=1S/C73H53N3/c1-8-26-54(27-9-1)55-46-48-56(49-47-55)57-50-66(75(62-36-18-6-19-37-62)63-38-20-7-21-39-63)53-67(51-57)76(65-41-24-40-64(52-65)74(60-32-14-4-15-33-60)61-34-16-5-17-35-61)71-45-25-44-70-72(71)68-42-22-23-43-69(68)73(70,58-28-10-2-11-29-58)59-30-12-3-13-31-59/h1-53H. The molecule has 0 saturated carbocycles. The third-order valence-electron chi connectivity index (χ3n) is 14.8. The highest BCUT2D eigenvalue weighted by Gasteiger charge is 2.47. The second-order valence-corrected chi connectivity index (χ2v) is 19.3. The fourth-order valence-corrected chi connectivity index (χ4v) is 11.6. The van der Waals surface area contributed by atoms with Crippen LogP contribution >= 0.6 is 0 Å². The Morgan fingerprint density at radius 3 is 1.07 bits per heavy atom. The molecule has 0 amide bonds. The molecule has 0 spiro atoms. The number of hydrogen-bond donors (Lipinski definition) is 0. The van der Waals surface area contributed by atoms with Crippen LogP contribution in [-0.4, -0.2) is 0 Å². The molecule has 0 aromatic heterocycles. The Kier molecular flexibility index (Phi) is 12.2. The maximum Gasteiger partial charge on any atom is 0.0714 e. The Bertz CT molecular complexity index is 3790. The van der Waals surface area contributed by atoms with E-state index >= 15 is 0 Å². The molecular weight excluding hydrogens is 919 g/mol. The van der Waals surface area contributed by atoms with Crippen LogP contribution in [0.4, 0.5) is 51.2 Å². The van der Waals surface area contributed by atoms with E-state index < -0.39 is 5.41 Å². The number of para-hydroxylation sites is 4. The van der Waals surface area contributed by atoms with Crippen LogP contribution < -0.4 is 14.7 Å². The van der Waals surface area contributed by atoms with Gasteiger partial charge >= 0.3 is 0 Å². The summed E-state index contributed by atoms with van der Waals surface area (Å²) in [6, 6.07) is 117. The summed E-state index contributed by atoms with van der Waals surface area (Å²) in [6.45, 7) is 0. The van der Waals surface area contributed by atoms with Crippen molar-refractivity contribution in [2.45, 2.75) is 5.41 Å². The van der Waals surface area contributed by atoms with E-state index in [0.717, 1.165) is 62.3 Å². The van der Waals surface area contributed by atoms with Crippen molar-refractivity contribution in [3.63, 3.8) is 0 Å². The molecule has 0 fully saturated rings. The average molecular weight is 972 g/mol. The fourth-order valence-electron chi connectivity index (χ4n) is 11.6. The van der Waals surface area contributed by atoms with Gasteiger partial charge in [-0.3, -0.25) is 0 Å². The van der Waals surface area contributed by atoms with Crippen molar-refractivity contribution in [2.24, 2.45) is 0 Å². The lowest BCUT2D eigenvalue weighted by atomic mass is 9.68. The van der Waals surface area contributed by atoms with Crippen molar-refractivity contribution in [1.82, 2.24) is 0 Å². The zero-order valence-electron chi connectivity index (χ0n) is 41.9. The zero-order valence-corrected chi connectivity index (χ0v) is 41.9. The third-order valence-corrected chi connectivity index (χ3v) is 14.8. The average Bonchev–Trinajstić information content (AvgIpc) is 3.94. The van der Waals surface area contributed by atoms with Gasteiger partial charge in [-0.25, -0.2) is 0 Å². The Morgan fingerprint density at radius 1 is 0.211 bits per heavy atom. The summed E-state index contributed by atoms with van der Waals surface area (Å²) >= 11 is 0. The summed E-state index contributed by atoms with van der Waals surface area (Å²) < 4.78 is 0. The topological polar surface area (TPSA) is 9.72 Å². The summed E-state index contributed by atoms with van der Waals surface area (Å²) in [6.07, 6.45) is 0. The predicted octanol–water partition coefficient (Wildman–Crippen LogP) is 19.8. The monoisotopic (exact) mass is 971 g/mol. The molecule has 360 valence electrons. The highest BCUT2D eigenvalue weighted by Crippen LogP contribution is 2.60. The van der Waals surface area contributed by atoms with Crippen LogP contribution in [-0.2, 0) is 5.41 Å². The summed E-state index contributed by atoms with van der Waals surface area (Å²) in [5.41, 5.74) is 20.8. The summed E-state index contributed by atoms with van der Waals surface area (Å²) in [4.78, 5) is 7.25. The Morgan fingerprint density at radius 2 is 0.553 bits per heavy atom. The van der Waals surface area contributed by atoms with E-state index in [2.05, 4.69) is 336 Å². The SMILES string of the molecule is c1ccc(-c2ccc(-c3cc(N(c4ccccc4)c4ccccc4)cc(N(c4cccc(N(c5ccccc5)c5ccccc5)c4)c4cccc5c4-c4ccccc4C5(c4ccccc4)c4ccccc4)c3)cc2)cc1.